The maximum Gasteiger partial charge on any atom is 0.321 e. The van der Waals surface area contributed by atoms with Crippen LogP contribution < -0.4 is 11.1 Å². The molecule has 0 unspecified atom stereocenters. The molecular weight excluding hydrogens is 262 g/mol. The molecule has 0 saturated carbocycles. The molecule has 2 amide bonds. The van der Waals surface area contributed by atoms with E-state index in [-0.39, 0.29) is 6.03 Å². The van der Waals surface area contributed by atoms with Crippen molar-refractivity contribution in [2.45, 2.75) is 20.0 Å². The number of nitrogens with one attached hydrogen (secondary N) is 1. The summed E-state index contributed by atoms with van der Waals surface area (Å²) in [6, 6.07) is 15.5. The molecule has 0 aromatic heterocycles. The van der Waals surface area contributed by atoms with Crippen molar-refractivity contribution in [3.63, 3.8) is 0 Å². The molecule has 2 rings (SSSR count). The average molecular weight is 283 g/mol. The zero-order chi connectivity index (χ0) is 15.2. The van der Waals surface area contributed by atoms with Gasteiger partial charge in [0, 0.05) is 25.8 Å². The summed E-state index contributed by atoms with van der Waals surface area (Å²) in [6.45, 7) is 3.09. The summed E-state index contributed by atoms with van der Waals surface area (Å²) in [5, 5.41) is 2.89. The van der Waals surface area contributed by atoms with Gasteiger partial charge in [0.1, 0.15) is 0 Å². The SMILES string of the molecule is Cc1ccccc1CN(C)C(=O)Nc1cccc(CN)c1. The summed E-state index contributed by atoms with van der Waals surface area (Å²) in [5.41, 5.74) is 9.69. The number of hydrogen-bond acceptors (Lipinski definition) is 2. The molecule has 0 aliphatic rings. The van der Waals surface area contributed by atoms with Crippen LogP contribution >= 0.6 is 0 Å². The summed E-state index contributed by atoms with van der Waals surface area (Å²) in [7, 11) is 1.79. The highest BCUT2D eigenvalue weighted by molar-refractivity contribution is 5.89. The van der Waals surface area contributed by atoms with Crippen LogP contribution in [0, 0.1) is 6.92 Å². The van der Waals surface area contributed by atoms with Crippen molar-refractivity contribution < 1.29 is 4.79 Å². The second kappa shape index (κ2) is 6.90. The Hall–Kier alpha value is -2.33. The Morgan fingerprint density at radius 2 is 1.95 bits per heavy atom. The normalized spacial score (nSPS) is 10.2. The third kappa shape index (κ3) is 4.07. The second-order valence-corrected chi connectivity index (χ2v) is 5.12. The number of carbonyl (C=O) groups is 1. The molecule has 0 radical (unpaired) electrons. The monoisotopic (exact) mass is 283 g/mol. The topological polar surface area (TPSA) is 58.4 Å². The average Bonchev–Trinajstić information content (AvgIpc) is 2.49. The number of amides is 2. The summed E-state index contributed by atoms with van der Waals surface area (Å²) < 4.78 is 0. The Morgan fingerprint density at radius 1 is 1.19 bits per heavy atom. The molecule has 21 heavy (non-hydrogen) atoms. The van der Waals surface area contributed by atoms with E-state index in [1.165, 1.54) is 5.56 Å². The third-order valence-corrected chi connectivity index (χ3v) is 3.43. The van der Waals surface area contributed by atoms with Crippen molar-refractivity contribution in [3.05, 3.63) is 65.2 Å². The van der Waals surface area contributed by atoms with Crippen LogP contribution in [0.4, 0.5) is 10.5 Å². The van der Waals surface area contributed by atoms with Gasteiger partial charge in [-0.15, -0.1) is 0 Å². The fraction of sp³-hybridized carbons (Fsp3) is 0.235. The van der Waals surface area contributed by atoms with Crippen molar-refractivity contribution in [2.75, 3.05) is 12.4 Å². The minimum absolute atomic E-state index is 0.132. The lowest BCUT2D eigenvalue weighted by molar-refractivity contribution is 0.220. The number of aryl methyl sites for hydroxylation is 1. The second-order valence-electron chi connectivity index (χ2n) is 5.12. The molecule has 0 spiro atoms. The van der Waals surface area contributed by atoms with Gasteiger partial charge >= 0.3 is 6.03 Å². The van der Waals surface area contributed by atoms with Gasteiger partial charge in [0.05, 0.1) is 0 Å². The lowest BCUT2D eigenvalue weighted by Crippen LogP contribution is -2.31. The maximum absolute atomic E-state index is 12.2. The number of rotatable bonds is 4. The smallest absolute Gasteiger partial charge is 0.321 e. The quantitative estimate of drug-likeness (QED) is 0.905. The van der Waals surface area contributed by atoms with E-state index in [1.807, 2.05) is 55.5 Å². The van der Waals surface area contributed by atoms with Gasteiger partial charge in [-0.1, -0.05) is 36.4 Å². The Kier molecular flexibility index (Phi) is 4.95. The van der Waals surface area contributed by atoms with E-state index in [2.05, 4.69) is 5.32 Å². The van der Waals surface area contributed by atoms with Crippen LogP contribution in [0.5, 0.6) is 0 Å². The zero-order valence-electron chi connectivity index (χ0n) is 12.5. The molecule has 0 bridgehead atoms. The van der Waals surface area contributed by atoms with Gasteiger partial charge in [-0.25, -0.2) is 4.79 Å². The molecule has 2 aromatic rings. The van der Waals surface area contributed by atoms with Crippen LogP contribution in [0.2, 0.25) is 0 Å². The first kappa shape index (κ1) is 15.1. The summed E-state index contributed by atoms with van der Waals surface area (Å²) in [4.78, 5) is 13.9. The van der Waals surface area contributed by atoms with Gasteiger partial charge in [0.2, 0.25) is 0 Å². The van der Waals surface area contributed by atoms with Crippen molar-refractivity contribution in [3.8, 4) is 0 Å². The number of carbonyl (C=O) groups excluding carboxylic acids is 1. The Labute approximate surface area is 125 Å². The van der Waals surface area contributed by atoms with Gasteiger partial charge in [-0.2, -0.15) is 0 Å². The van der Waals surface area contributed by atoms with Gasteiger partial charge in [0.15, 0.2) is 0 Å². The van der Waals surface area contributed by atoms with Gasteiger partial charge in [0.25, 0.3) is 0 Å². The van der Waals surface area contributed by atoms with E-state index < -0.39 is 0 Å². The molecule has 2 aromatic carbocycles. The number of nitrogens with zero attached hydrogens (tertiary/aromatic N) is 1. The van der Waals surface area contributed by atoms with E-state index in [0.717, 1.165) is 16.8 Å². The van der Waals surface area contributed by atoms with E-state index >= 15 is 0 Å². The first-order chi connectivity index (χ1) is 10.1. The maximum atomic E-state index is 12.2. The van der Waals surface area contributed by atoms with E-state index in [9.17, 15) is 4.79 Å². The fourth-order valence-electron chi connectivity index (χ4n) is 2.11. The number of urea groups is 1. The minimum Gasteiger partial charge on any atom is -0.326 e. The minimum atomic E-state index is -0.132. The summed E-state index contributed by atoms with van der Waals surface area (Å²) in [6.07, 6.45) is 0. The van der Waals surface area contributed by atoms with E-state index in [0.29, 0.717) is 13.1 Å². The molecule has 0 fully saturated rings. The molecule has 0 saturated heterocycles. The highest BCUT2D eigenvalue weighted by Gasteiger charge is 2.10. The highest BCUT2D eigenvalue weighted by Crippen LogP contribution is 2.13. The van der Waals surface area contributed by atoms with Crippen molar-refractivity contribution in [1.82, 2.24) is 4.90 Å². The van der Waals surface area contributed by atoms with E-state index in [4.69, 9.17) is 5.73 Å². The molecule has 110 valence electrons. The van der Waals surface area contributed by atoms with Crippen molar-refractivity contribution >= 4 is 11.7 Å². The molecule has 0 aliphatic heterocycles. The molecule has 0 heterocycles. The number of nitrogens with two attached hydrogens (primary N) is 1. The predicted molar refractivity (Wildman–Crippen MR) is 86.0 cm³/mol. The molecule has 4 heteroatoms. The number of anilines is 1. The van der Waals surface area contributed by atoms with Gasteiger partial charge in [-0.05, 0) is 35.7 Å². The first-order valence-corrected chi connectivity index (χ1v) is 6.96. The lowest BCUT2D eigenvalue weighted by Gasteiger charge is -2.19. The highest BCUT2D eigenvalue weighted by atomic mass is 16.2. The molecule has 4 nitrogen and oxygen atoms in total. The standard InChI is InChI=1S/C17H21N3O/c1-13-6-3-4-8-15(13)12-20(2)17(21)19-16-9-5-7-14(10-16)11-18/h3-10H,11-12,18H2,1-2H3,(H,19,21). The van der Waals surface area contributed by atoms with Crippen LogP contribution in [0.25, 0.3) is 0 Å². The van der Waals surface area contributed by atoms with Crippen LogP contribution in [0.15, 0.2) is 48.5 Å². The largest absolute Gasteiger partial charge is 0.326 e. The number of hydrogen-bond donors (Lipinski definition) is 2. The first-order valence-electron chi connectivity index (χ1n) is 6.96. The van der Waals surface area contributed by atoms with Crippen molar-refractivity contribution in [2.24, 2.45) is 5.73 Å². The molecule has 0 aliphatic carbocycles. The Morgan fingerprint density at radius 3 is 2.67 bits per heavy atom. The summed E-state index contributed by atoms with van der Waals surface area (Å²) in [5.74, 6) is 0. The van der Waals surface area contributed by atoms with Crippen LogP contribution in [-0.4, -0.2) is 18.0 Å². The lowest BCUT2D eigenvalue weighted by atomic mass is 10.1. The van der Waals surface area contributed by atoms with Gasteiger partial charge < -0.3 is 16.0 Å². The van der Waals surface area contributed by atoms with Crippen molar-refractivity contribution in [1.29, 1.82) is 0 Å². The van der Waals surface area contributed by atoms with Gasteiger partial charge in [-0.3, -0.25) is 0 Å². The molecular formula is C17H21N3O. The van der Waals surface area contributed by atoms with Crippen LogP contribution in [0.3, 0.4) is 0 Å². The van der Waals surface area contributed by atoms with E-state index in [1.54, 1.807) is 11.9 Å². The third-order valence-electron chi connectivity index (χ3n) is 3.43. The Bertz CT molecular complexity index is 625. The Balaban J connectivity index is 2.01. The molecule has 0 atom stereocenters. The van der Waals surface area contributed by atoms with Crippen LogP contribution in [-0.2, 0) is 13.1 Å². The predicted octanol–water partition coefficient (Wildman–Crippen LogP) is 3.12. The zero-order valence-corrected chi connectivity index (χ0v) is 12.5. The number of benzene rings is 2. The molecule has 3 N–H and O–H groups in total. The van der Waals surface area contributed by atoms with Crippen LogP contribution in [0.1, 0.15) is 16.7 Å². The summed E-state index contributed by atoms with van der Waals surface area (Å²) >= 11 is 0. The fourth-order valence-corrected chi connectivity index (χ4v) is 2.11.